The zero-order valence-corrected chi connectivity index (χ0v) is 9.87. The van der Waals surface area contributed by atoms with Crippen molar-refractivity contribution < 1.29 is 4.74 Å². The van der Waals surface area contributed by atoms with Gasteiger partial charge >= 0.3 is 0 Å². The van der Waals surface area contributed by atoms with E-state index in [1.54, 1.807) is 0 Å². The minimum Gasteiger partial charge on any atom is -0.380 e. The van der Waals surface area contributed by atoms with Gasteiger partial charge in [0.1, 0.15) is 0 Å². The number of hydrogen-bond donors (Lipinski definition) is 1. The van der Waals surface area contributed by atoms with E-state index in [1.165, 1.54) is 38.8 Å². The first-order valence-corrected chi connectivity index (χ1v) is 6.37. The van der Waals surface area contributed by atoms with E-state index in [4.69, 9.17) is 4.74 Å². The highest BCUT2D eigenvalue weighted by atomic mass is 16.5. The molecule has 15 heavy (non-hydrogen) atoms. The average molecular weight is 212 g/mol. The molecule has 1 aliphatic heterocycles. The molecule has 2 fully saturated rings. The molecular weight excluding hydrogens is 188 g/mol. The molecule has 2 unspecified atom stereocenters. The minimum atomic E-state index is 0.758. The Morgan fingerprint density at radius 2 is 2.13 bits per heavy atom. The van der Waals surface area contributed by atoms with Gasteiger partial charge in [0.2, 0.25) is 0 Å². The van der Waals surface area contributed by atoms with Crippen molar-refractivity contribution in [2.75, 3.05) is 39.9 Å². The topological polar surface area (TPSA) is 24.5 Å². The molecule has 1 aliphatic carbocycles. The maximum atomic E-state index is 5.49. The zero-order valence-electron chi connectivity index (χ0n) is 9.87. The van der Waals surface area contributed by atoms with Crippen LogP contribution in [0.4, 0.5) is 0 Å². The van der Waals surface area contributed by atoms with Crippen molar-refractivity contribution in [3.63, 3.8) is 0 Å². The van der Waals surface area contributed by atoms with E-state index in [0.717, 1.165) is 31.7 Å². The lowest BCUT2D eigenvalue weighted by Gasteiger charge is -2.26. The van der Waals surface area contributed by atoms with Gasteiger partial charge < -0.3 is 15.0 Å². The van der Waals surface area contributed by atoms with Crippen LogP contribution in [0.1, 0.15) is 25.7 Å². The predicted molar refractivity (Wildman–Crippen MR) is 62.1 cm³/mol. The van der Waals surface area contributed by atoms with E-state index in [0.29, 0.717) is 0 Å². The largest absolute Gasteiger partial charge is 0.380 e. The van der Waals surface area contributed by atoms with Crippen LogP contribution in [-0.2, 0) is 4.74 Å². The second kappa shape index (κ2) is 5.83. The lowest BCUT2D eigenvalue weighted by Crippen LogP contribution is -2.38. The highest BCUT2D eigenvalue weighted by molar-refractivity contribution is 4.84. The standard InChI is InChI=1S/C12H24N2O/c1-13-12-5-2-4-11(12)10-14-6-3-8-15-9-7-14/h11-13H,2-10H2,1H3. The first-order chi connectivity index (χ1) is 7.40. The van der Waals surface area contributed by atoms with Crippen molar-refractivity contribution in [1.29, 1.82) is 0 Å². The maximum Gasteiger partial charge on any atom is 0.0593 e. The first kappa shape index (κ1) is 11.4. The van der Waals surface area contributed by atoms with Crippen LogP contribution in [0, 0.1) is 5.92 Å². The summed E-state index contributed by atoms with van der Waals surface area (Å²) in [4.78, 5) is 2.59. The fourth-order valence-corrected chi connectivity index (χ4v) is 2.95. The summed E-state index contributed by atoms with van der Waals surface area (Å²) in [5.41, 5.74) is 0. The Morgan fingerprint density at radius 3 is 3.00 bits per heavy atom. The van der Waals surface area contributed by atoms with Gasteiger partial charge in [0.25, 0.3) is 0 Å². The van der Waals surface area contributed by atoms with Gasteiger partial charge in [-0.05, 0) is 32.2 Å². The Labute approximate surface area is 93.2 Å². The van der Waals surface area contributed by atoms with Gasteiger partial charge in [-0.2, -0.15) is 0 Å². The van der Waals surface area contributed by atoms with Gasteiger partial charge in [0.05, 0.1) is 6.61 Å². The summed E-state index contributed by atoms with van der Waals surface area (Å²) in [5.74, 6) is 0.869. The van der Waals surface area contributed by atoms with Crippen molar-refractivity contribution in [3.05, 3.63) is 0 Å². The summed E-state index contributed by atoms with van der Waals surface area (Å²) >= 11 is 0. The molecule has 0 bridgehead atoms. The van der Waals surface area contributed by atoms with Crippen molar-refractivity contribution in [2.24, 2.45) is 5.92 Å². The third-order valence-corrected chi connectivity index (χ3v) is 3.84. The van der Waals surface area contributed by atoms with Gasteiger partial charge in [0, 0.05) is 32.3 Å². The summed E-state index contributed by atoms with van der Waals surface area (Å²) < 4.78 is 5.49. The molecule has 2 rings (SSSR count). The summed E-state index contributed by atoms with van der Waals surface area (Å²) in [7, 11) is 2.11. The summed E-state index contributed by atoms with van der Waals surface area (Å²) in [5, 5.41) is 3.46. The Kier molecular flexibility index (Phi) is 4.42. The predicted octanol–water partition coefficient (Wildman–Crippen LogP) is 1.10. The van der Waals surface area contributed by atoms with Gasteiger partial charge in [-0.25, -0.2) is 0 Å². The van der Waals surface area contributed by atoms with E-state index in [1.807, 2.05) is 0 Å². The first-order valence-electron chi connectivity index (χ1n) is 6.37. The zero-order chi connectivity index (χ0) is 10.5. The lowest BCUT2D eigenvalue weighted by atomic mass is 10.0. The molecule has 0 aromatic rings. The normalized spacial score (nSPS) is 34.2. The molecule has 1 heterocycles. The van der Waals surface area contributed by atoms with E-state index in [2.05, 4.69) is 17.3 Å². The molecule has 0 aromatic heterocycles. The van der Waals surface area contributed by atoms with E-state index < -0.39 is 0 Å². The highest BCUT2D eigenvalue weighted by Crippen LogP contribution is 2.26. The van der Waals surface area contributed by atoms with Gasteiger partial charge in [-0.1, -0.05) is 6.42 Å². The molecule has 3 nitrogen and oxygen atoms in total. The van der Waals surface area contributed by atoms with Crippen LogP contribution in [0.15, 0.2) is 0 Å². The SMILES string of the molecule is CNC1CCCC1CN1CCCOCC1. The number of ether oxygens (including phenoxy) is 1. The van der Waals surface area contributed by atoms with E-state index in [9.17, 15) is 0 Å². The molecule has 0 spiro atoms. The van der Waals surface area contributed by atoms with Crippen molar-refractivity contribution in [3.8, 4) is 0 Å². The second-order valence-corrected chi connectivity index (χ2v) is 4.85. The van der Waals surface area contributed by atoms with Crippen LogP contribution in [0.3, 0.4) is 0 Å². The maximum absolute atomic E-state index is 5.49. The molecule has 1 saturated heterocycles. The molecule has 0 amide bonds. The van der Waals surface area contributed by atoms with E-state index >= 15 is 0 Å². The van der Waals surface area contributed by atoms with Crippen molar-refractivity contribution >= 4 is 0 Å². The smallest absolute Gasteiger partial charge is 0.0593 e. The Bertz CT molecular complexity index is 178. The lowest BCUT2D eigenvalue weighted by molar-refractivity contribution is 0.137. The van der Waals surface area contributed by atoms with Crippen molar-refractivity contribution in [1.82, 2.24) is 10.2 Å². The summed E-state index contributed by atoms with van der Waals surface area (Å²) in [6.45, 7) is 5.52. The number of nitrogens with zero attached hydrogens (tertiary/aromatic N) is 1. The van der Waals surface area contributed by atoms with Gasteiger partial charge in [0.15, 0.2) is 0 Å². The average Bonchev–Trinajstić information content (AvgIpc) is 2.53. The van der Waals surface area contributed by atoms with Crippen LogP contribution < -0.4 is 5.32 Å². The summed E-state index contributed by atoms with van der Waals surface area (Å²) in [6, 6.07) is 0.758. The van der Waals surface area contributed by atoms with Crippen LogP contribution in [0.5, 0.6) is 0 Å². The van der Waals surface area contributed by atoms with Crippen LogP contribution in [0.25, 0.3) is 0 Å². The Morgan fingerprint density at radius 1 is 1.20 bits per heavy atom. The number of rotatable bonds is 3. The van der Waals surface area contributed by atoms with Crippen LogP contribution in [0.2, 0.25) is 0 Å². The molecule has 1 N–H and O–H groups in total. The van der Waals surface area contributed by atoms with Gasteiger partial charge in [-0.3, -0.25) is 0 Å². The molecule has 1 saturated carbocycles. The van der Waals surface area contributed by atoms with Crippen LogP contribution in [-0.4, -0.2) is 50.8 Å². The molecule has 3 heteroatoms. The third-order valence-electron chi connectivity index (χ3n) is 3.84. The fraction of sp³-hybridized carbons (Fsp3) is 1.00. The quantitative estimate of drug-likeness (QED) is 0.758. The highest BCUT2D eigenvalue weighted by Gasteiger charge is 2.27. The Hall–Kier alpha value is -0.120. The minimum absolute atomic E-state index is 0.758. The third kappa shape index (κ3) is 3.16. The fourth-order valence-electron chi connectivity index (χ4n) is 2.95. The van der Waals surface area contributed by atoms with E-state index in [-0.39, 0.29) is 0 Å². The molecular formula is C12H24N2O. The van der Waals surface area contributed by atoms with Gasteiger partial charge in [-0.15, -0.1) is 0 Å². The molecule has 2 aliphatic rings. The monoisotopic (exact) mass is 212 g/mol. The molecule has 88 valence electrons. The molecule has 0 aromatic carbocycles. The molecule has 2 atom stereocenters. The Balaban J connectivity index is 1.78. The van der Waals surface area contributed by atoms with Crippen molar-refractivity contribution in [2.45, 2.75) is 31.7 Å². The molecule has 0 radical (unpaired) electrons. The van der Waals surface area contributed by atoms with Crippen LogP contribution >= 0.6 is 0 Å². The second-order valence-electron chi connectivity index (χ2n) is 4.85. The summed E-state index contributed by atoms with van der Waals surface area (Å²) in [6.07, 6.45) is 5.38. The number of hydrogen-bond acceptors (Lipinski definition) is 3. The number of nitrogens with one attached hydrogen (secondary N) is 1.